The Bertz CT molecular complexity index is 437. The molecule has 0 aromatic carbocycles. The van der Waals surface area contributed by atoms with Crippen LogP contribution >= 0.6 is 0 Å². The summed E-state index contributed by atoms with van der Waals surface area (Å²) in [4.78, 5) is 17.6. The van der Waals surface area contributed by atoms with Gasteiger partial charge in [0.1, 0.15) is 0 Å². The van der Waals surface area contributed by atoms with E-state index in [1.54, 1.807) is 6.92 Å². The summed E-state index contributed by atoms with van der Waals surface area (Å²) in [5, 5.41) is 3.00. The van der Waals surface area contributed by atoms with Crippen molar-refractivity contribution in [1.82, 2.24) is 15.2 Å². The molecule has 1 saturated heterocycles. The SMILES string of the molecule is CCC(N)C(c1ccncc1)N1CCC(NC(C)=O)C1. The lowest BCUT2D eigenvalue weighted by molar-refractivity contribution is -0.119. The van der Waals surface area contributed by atoms with Gasteiger partial charge in [0.25, 0.3) is 0 Å². The van der Waals surface area contributed by atoms with Crippen molar-refractivity contribution in [2.75, 3.05) is 13.1 Å². The monoisotopic (exact) mass is 276 g/mol. The molecule has 3 N–H and O–H groups in total. The van der Waals surface area contributed by atoms with Crippen molar-refractivity contribution in [3.63, 3.8) is 0 Å². The van der Waals surface area contributed by atoms with Crippen LogP contribution in [0.25, 0.3) is 0 Å². The van der Waals surface area contributed by atoms with Gasteiger partial charge in [-0.25, -0.2) is 0 Å². The number of amides is 1. The molecular weight excluding hydrogens is 252 g/mol. The number of aromatic nitrogens is 1. The maximum Gasteiger partial charge on any atom is 0.217 e. The highest BCUT2D eigenvalue weighted by atomic mass is 16.1. The number of nitrogens with two attached hydrogens (primary N) is 1. The van der Waals surface area contributed by atoms with Gasteiger partial charge in [-0.15, -0.1) is 0 Å². The lowest BCUT2D eigenvalue weighted by Crippen LogP contribution is -2.42. The van der Waals surface area contributed by atoms with Gasteiger partial charge in [-0.05, 0) is 30.5 Å². The second-order valence-corrected chi connectivity index (χ2v) is 5.48. The van der Waals surface area contributed by atoms with E-state index in [0.29, 0.717) is 0 Å². The average molecular weight is 276 g/mol. The highest BCUT2D eigenvalue weighted by Gasteiger charge is 2.32. The minimum atomic E-state index is 0.0390. The van der Waals surface area contributed by atoms with Crippen LogP contribution in [0.1, 0.15) is 38.3 Å². The zero-order valence-corrected chi connectivity index (χ0v) is 12.2. The van der Waals surface area contributed by atoms with E-state index in [2.05, 4.69) is 22.1 Å². The van der Waals surface area contributed by atoms with E-state index in [1.165, 1.54) is 5.56 Å². The molecule has 0 radical (unpaired) electrons. The molecular formula is C15H24N4O. The van der Waals surface area contributed by atoms with Crippen LogP contribution < -0.4 is 11.1 Å². The van der Waals surface area contributed by atoms with E-state index in [1.807, 2.05) is 24.5 Å². The Hall–Kier alpha value is -1.46. The Morgan fingerprint density at radius 1 is 1.55 bits per heavy atom. The van der Waals surface area contributed by atoms with Gasteiger partial charge in [-0.3, -0.25) is 14.7 Å². The summed E-state index contributed by atoms with van der Waals surface area (Å²) in [7, 11) is 0. The highest BCUT2D eigenvalue weighted by molar-refractivity contribution is 5.73. The standard InChI is InChI=1S/C15H24N4O/c1-3-14(16)15(12-4-7-17-8-5-12)19-9-6-13(10-19)18-11(2)20/h4-5,7-8,13-15H,3,6,9-10,16H2,1-2H3,(H,18,20). The van der Waals surface area contributed by atoms with Crippen molar-refractivity contribution in [1.29, 1.82) is 0 Å². The minimum absolute atomic E-state index is 0.0390. The quantitative estimate of drug-likeness (QED) is 0.844. The van der Waals surface area contributed by atoms with Crippen LogP contribution in [-0.4, -0.2) is 41.0 Å². The molecule has 0 spiro atoms. The second-order valence-electron chi connectivity index (χ2n) is 5.48. The van der Waals surface area contributed by atoms with Crippen molar-refractivity contribution in [2.45, 2.75) is 44.8 Å². The number of carbonyl (C=O) groups is 1. The molecule has 2 heterocycles. The molecule has 0 bridgehead atoms. The fraction of sp³-hybridized carbons (Fsp3) is 0.600. The predicted molar refractivity (Wildman–Crippen MR) is 79.0 cm³/mol. The Balaban J connectivity index is 2.11. The number of nitrogens with one attached hydrogen (secondary N) is 1. The van der Waals surface area contributed by atoms with E-state index < -0.39 is 0 Å². The van der Waals surface area contributed by atoms with Crippen LogP contribution in [0, 0.1) is 0 Å². The summed E-state index contributed by atoms with van der Waals surface area (Å²) in [5.41, 5.74) is 7.53. The van der Waals surface area contributed by atoms with Crippen LogP contribution in [0.5, 0.6) is 0 Å². The molecule has 3 unspecified atom stereocenters. The summed E-state index contributed by atoms with van der Waals surface area (Å²) in [6, 6.07) is 4.59. The van der Waals surface area contributed by atoms with E-state index in [-0.39, 0.29) is 24.0 Å². The van der Waals surface area contributed by atoms with Gasteiger partial charge in [-0.1, -0.05) is 6.92 Å². The lowest BCUT2D eigenvalue weighted by Gasteiger charge is -2.32. The van der Waals surface area contributed by atoms with E-state index in [4.69, 9.17) is 5.73 Å². The number of likely N-dealkylation sites (tertiary alicyclic amines) is 1. The number of carbonyl (C=O) groups excluding carboxylic acids is 1. The minimum Gasteiger partial charge on any atom is -0.352 e. The number of hydrogen-bond donors (Lipinski definition) is 2. The number of rotatable bonds is 5. The molecule has 0 aliphatic carbocycles. The molecule has 1 amide bonds. The molecule has 110 valence electrons. The topological polar surface area (TPSA) is 71.2 Å². The van der Waals surface area contributed by atoms with Crippen LogP contribution in [0.3, 0.4) is 0 Å². The fourth-order valence-corrected chi connectivity index (χ4v) is 2.96. The molecule has 20 heavy (non-hydrogen) atoms. The van der Waals surface area contributed by atoms with Crippen LogP contribution in [0.2, 0.25) is 0 Å². The zero-order valence-electron chi connectivity index (χ0n) is 12.2. The van der Waals surface area contributed by atoms with Crippen LogP contribution in [-0.2, 0) is 4.79 Å². The van der Waals surface area contributed by atoms with Gasteiger partial charge < -0.3 is 11.1 Å². The van der Waals surface area contributed by atoms with E-state index >= 15 is 0 Å². The first kappa shape index (κ1) is 14.9. The van der Waals surface area contributed by atoms with Crippen molar-refractivity contribution in [3.8, 4) is 0 Å². The third-order valence-corrected chi connectivity index (χ3v) is 3.95. The molecule has 1 fully saturated rings. The molecule has 0 saturated carbocycles. The average Bonchev–Trinajstić information content (AvgIpc) is 2.87. The van der Waals surface area contributed by atoms with Crippen LogP contribution in [0.15, 0.2) is 24.5 Å². The lowest BCUT2D eigenvalue weighted by atomic mass is 9.97. The number of hydrogen-bond acceptors (Lipinski definition) is 4. The third-order valence-electron chi connectivity index (χ3n) is 3.95. The molecule has 1 aromatic heterocycles. The number of pyridine rings is 1. The van der Waals surface area contributed by atoms with Crippen molar-refractivity contribution < 1.29 is 4.79 Å². The molecule has 3 atom stereocenters. The molecule has 1 aliphatic heterocycles. The summed E-state index contributed by atoms with van der Waals surface area (Å²) in [5.74, 6) is 0.0390. The van der Waals surface area contributed by atoms with E-state index in [9.17, 15) is 4.79 Å². The largest absolute Gasteiger partial charge is 0.352 e. The molecule has 5 heteroatoms. The Labute approximate surface area is 120 Å². The first-order valence-electron chi connectivity index (χ1n) is 7.28. The first-order chi connectivity index (χ1) is 9.61. The maximum atomic E-state index is 11.2. The Morgan fingerprint density at radius 3 is 2.85 bits per heavy atom. The Kier molecular flexibility index (Phi) is 5.09. The van der Waals surface area contributed by atoms with Crippen molar-refractivity contribution in [3.05, 3.63) is 30.1 Å². The van der Waals surface area contributed by atoms with Gasteiger partial charge in [-0.2, -0.15) is 0 Å². The molecule has 1 aromatic rings. The molecule has 2 rings (SSSR count). The molecule has 5 nitrogen and oxygen atoms in total. The van der Waals surface area contributed by atoms with Crippen molar-refractivity contribution in [2.24, 2.45) is 5.73 Å². The van der Waals surface area contributed by atoms with Gasteiger partial charge in [0.05, 0.1) is 6.04 Å². The summed E-state index contributed by atoms with van der Waals surface area (Å²) < 4.78 is 0. The Morgan fingerprint density at radius 2 is 2.25 bits per heavy atom. The van der Waals surface area contributed by atoms with Gasteiger partial charge in [0.15, 0.2) is 0 Å². The highest BCUT2D eigenvalue weighted by Crippen LogP contribution is 2.28. The smallest absolute Gasteiger partial charge is 0.217 e. The van der Waals surface area contributed by atoms with Crippen LogP contribution in [0.4, 0.5) is 0 Å². The predicted octanol–water partition coefficient (Wildman–Crippen LogP) is 1.07. The van der Waals surface area contributed by atoms with Crippen molar-refractivity contribution >= 4 is 5.91 Å². The zero-order chi connectivity index (χ0) is 14.5. The fourth-order valence-electron chi connectivity index (χ4n) is 2.96. The molecule has 1 aliphatic rings. The van der Waals surface area contributed by atoms with Gasteiger partial charge >= 0.3 is 0 Å². The summed E-state index contributed by atoms with van der Waals surface area (Å²) in [6.45, 7) is 5.51. The number of nitrogens with zero attached hydrogens (tertiary/aromatic N) is 2. The summed E-state index contributed by atoms with van der Waals surface area (Å²) in [6.07, 6.45) is 5.53. The second kappa shape index (κ2) is 6.81. The van der Waals surface area contributed by atoms with E-state index in [0.717, 1.165) is 25.9 Å². The maximum absolute atomic E-state index is 11.2. The van der Waals surface area contributed by atoms with Gasteiger partial charge in [0.2, 0.25) is 5.91 Å². The normalized spacial score (nSPS) is 22.4. The third kappa shape index (κ3) is 3.55. The van der Waals surface area contributed by atoms with Gasteiger partial charge in [0, 0.05) is 44.5 Å². The first-order valence-corrected chi connectivity index (χ1v) is 7.28. The summed E-state index contributed by atoms with van der Waals surface area (Å²) >= 11 is 0.